The van der Waals surface area contributed by atoms with Crippen molar-refractivity contribution in [2.24, 2.45) is 5.92 Å². The van der Waals surface area contributed by atoms with Crippen LogP contribution in [0.2, 0.25) is 55.0 Å². The molecule has 18 rings (SSSR count). The van der Waals surface area contributed by atoms with E-state index in [1.807, 2.05) is 66.2 Å². The molecule has 0 aliphatic rings. The summed E-state index contributed by atoms with van der Waals surface area (Å²) in [6.07, 6.45) is 9.14. The van der Waals surface area contributed by atoms with Crippen LogP contribution in [0.15, 0.2) is 269 Å². The topological polar surface area (TPSA) is 91.0 Å². The zero-order valence-corrected chi connectivity index (χ0v) is 77.5. The van der Waals surface area contributed by atoms with Crippen molar-refractivity contribution in [1.82, 2.24) is 19.9 Å². The molecule has 0 bridgehead atoms. The third kappa shape index (κ3) is 17.4. The standard InChI is InChI=1S/C31H32GeNO.C29H26NO.C21H20NSSi.C20H17FNOSi.2Ir/c1-5-32(6-2,7-3)24-17-19-27(33-21-24)25-18-20-29-31(26-15-11-12-16-28(26)34-29)30(25)22(4)23-13-9-8-10-14-23;1-19(2)16-21-14-15-30-27(17-21)23-12-13-28-26(18-23)25-11-7-10-24(29(25)31-28)20(3)22-8-5-4-6-9-22;1-14-9-11-16(18-12-10-15(13-22-18)24(2,3)4)21-20(14)17-7-5-6-8-19(17)23-21;1-24(2,3)14-8-10-18(22-12-14)17-6-4-5-16-15-9-7-13(21)11-19(15)23-20(16)17;;/h8-17,19-22H,5-7H2,1-4H3;4-11,13-15,17-20H,16H2,1-3H3;5-10,12-13H,1-4H3;4-5,7-12H,1-3H3;;/q4*-1;;. The number of furan rings is 3. The Morgan fingerprint density at radius 3 is 1.70 bits per heavy atom. The van der Waals surface area contributed by atoms with Crippen molar-refractivity contribution >= 4 is 142 Å². The largest absolute Gasteiger partial charge is 0.500 e. The van der Waals surface area contributed by atoms with Gasteiger partial charge in [0.1, 0.15) is 17.0 Å². The normalized spacial score (nSPS) is 12.3. The molecule has 2 atom stereocenters. The van der Waals surface area contributed by atoms with Gasteiger partial charge in [-0.1, -0.05) is 191 Å². The summed E-state index contributed by atoms with van der Waals surface area (Å²) in [7, 11) is -2.70. The molecule has 2 radical (unpaired) electrons. The second-order valence-corrected chi connectivity index (χ2v) is 54.6. The minimum Gasteiger partial charge on any atom is -0.500 e. The maximum Gasteiger partial charge on any atom is 0.126 e. The van der Waals surface area contributed by atoms with E-state index < -0.39 is 29.4 Å². The zero-order valence-electron chi connectivity index (χ0n) is 67.8. The molecule has 0 fully saturated rings. The van der Waals surface area contributed by atoms with Crippen molar-refractivity contribution < 1.29 is 57.9 Å². The minimum atomic E-state index is -2.04. The maximum atomic E-state index is 13.5. The molecule has 7 nitrogen and oxygen atoms in total. The first-order valence-corrected chi connectivity index (χ1v) is 52.9. The first-order valence-electron chi connectivity index (χ1n) is 39.6. The molecule has 115 heavy (non-hydrogen) atoms. The number of aromatic nitrogens is 4. The van der Waals surface area contributed by atoms with Crippen LogP contribution in [0, 0.1) is 42.9 Å². The molecule has 8 aromatic heterocycles. The maximum absolute atomic E-state index is 13.5. The fourth-order valence-electron chi connectivity index (χ4n) is 15.9. The van der Waals surface area contributed by atoms with E-state index in [9.17, 15) is 4.39 Å². The van der Waals surface area contributed by atoms with Crippen molar-refractivity contribution in [1.29, 1.82) is 0 Å². The van der Waals surface area contributed by atoms with Gasteiger partial charge in [0, 0.05) is 91.8 Å². The van der Waals surface area contributed by atoms with Gasteiger partial charge < -0.3 is 23.8 Å². The van der Waals surface area contributed by atoms with E-state index in [2.05, 4.69) is 311 Å². The number of hydrogen-bond acceptors (Lipinski definition) is 8. The first kappa shape index (κ1) is 83.6. The number of thiophene rings is 1. The molecule has 14 heteroatoms. The summed E-state index contributed by atoms with van der Waals surface area (Å²) in [6, 6.07) is 92.5. The molecule has 584 valence electrons. The van der Waals surface area contributed by atoms with Gasteiger partial charge in [-0.15, -0.1) is 65.2 Å². The van der Waals surface area contributed by atoms with E-state index >= 15 is 0 Å². The summed E-state index contributed by atoms with van der Waals surface area (Å²) in [5.41, 5.74) is 20.3. The predicted molar refractivity (Wildman–Crippen MR) is 483 cm³/mol. The third-order valence-electron chi connectivity index (χ3n) is 22.7. The van der Waals surface area contributed by atoms with Crippen molar-refractivity contribution in [3.8, 4) is 45.0 Å². The zero-order chi connectivity index (χ0) is 78.9. The van der Waals surface area contributed by atoms with Crippen molar-refractivity contribution in [2.75, 3.05) is 0 Å². The van der Waals surface area contributed by atoms with Gasteiger partial charge in [-0.05, 0) is 79.7 Å². The molecule has 0 aliphatic carbocycles. The first-order chi connectivity index (χ1) is 54.6. The van der Waals surface area contributed by atoms with Crippen molar-refractivity contribution in [3.05, 3.63) is 319 Å². The number of fused-ring (bicyclic) bond motifs is 12. The van der Waals surface area contributed by atoms with Crippen LogP contribution in [0.3, 0.4) is 0 Å². The van der Waals surface area contributed by atoms with Crippen LogP contribution in [0.25, 0.3) is 131 Å². The van der Waals surface area contributed by atoms with Crippen LogP contribution >= 0.6 is 11.3 Å². The van der Waals surface area contributed by atoms with E-state index in [4.69, 9.17) is 23.2 Å². The number of nitrogens with zero attached hydrogens (tertiary/aromatic N) is 4. The summed E-state index contributed by atoms with van der Waals surface area (Å²) >= 11 is -0.198. The summed E-state index contributed by atoms with van der Waals surface area (Å²) < 4.78 is 36.1. The van der Waals surface area contributed by atoms with Gasteiger partial charge >= 0.3 is 206 Å². The van der Waals surface area contributed by atoms with E-state index in [-0.39, 0.29) is 57.9 Å². The Labute approximate surface area is 711 Å². The van der Waals surface area contributed by atoms with Crippen LogP contribution in [-0.4, -0.2) is 49.3 Å². The molecule has 10 aromatic carbocycles. The minimum absolute atomic E-state index is 0. The van der Waals surface area contributed by atoms with Gasteiger partial charge in [-0.25, -0.2) is 4.39 Å². The number of rotatable bonds is 16. The Morgan fingerprint density at radius 2 is 1.04 bits per heavy atom. The van der Waals surface area contributed by atoms with Crippen LogP contribution in [0.1, 0.15) is 93.7 Å². The van der Waals surface area contributed by atoms with E-state index in [1.165, 1.54) is 102 Å². The van der Waals surface area contributed by atoms with Gasteiger partial charge in [0.05, 0.1) is 27.3 Å². The van der Waals surface area contributed by atoms with E-state index in [1.54, 1.807) is 6.07 Å². The Balaban J connectivity index is 0.000000134. The molecule has 0 aliphatic heterocycles. The average Bonchev–Trinajstić information content (AvgIpc) is 1.65. The second kappa shape index (κ2) is 35.6. The van der Waals surface area contributed by atoms with Crippen molar-refractivity contribution in [3.63, 3.8) is 0 Å². The number of hydrogen-bond donors (Lipinski definition) is 0. The summed E-state index contributed by atoms with van der Waals surface area (Å²) in [6.45, 7) is 32.2. The van der Waals surface area contributed by atoms with Gasteiger partial charge in [0.25, 0.3) is 0 Å². The molecule has 0 N–H and O–H groups in total. The number of aryl methyl sites for hydroxylation is 1. The number of para-hydroxylation sites is 2. The third-order valence-corrected chi connectivity index (χ3v) is 39.6. The van der Waals surface area contributed by atoms with Gasteiger partial charge in [-0.3, -0.25) is 0 Å². The Hall–Kier alpha value is -9.37. The molecule has 0 spiro atoms. The SMILES string of the molecule is CC(C)Cc1ccnc(-c2[c-]cc3oc4c(C(C)c5ccccc5)cccc4c3c2)c1.C[CH2][Ge]([CH2]C)([CH2]C)[c]1ccc(-c2[c-]cc3oc4ccccc4c3c2C(C)c2ccccc2)nc1.C[Si](C)(C)c1ccc(-c2[c-]ccc3c2oc2cc(F)ccc23)nc1.Cc1c[c-]c(-c2ccc([Si](C)(C)C)cn2)c2sc3ccccc3c12.[Ir].[Ir]. The van der Waals surface area contributed by atoms with E-state index in [0.29, 0.717) is 17.1 Å². The number of benzene rings is 10. The summed E-state index contributed by atoms with van der Waals surface area (Å²) in [4.78, 5) is 19.1. The molecule has 18 aromatic rings. The molecule has 0 saturated carbocycles. The molecule has 2 unspecified atom stereocenters. The quantitative estimate of drug-likeness (QED) is 0.0703. The van der Waals surface area contributed by atoms with Crippen LogP contribution in [-0.2, 0) is 46.6 Å². The van der Waals surface area contributed by atoms with Crippen molar-refractivity contribution in [2.45, 2.75) is 129 Å². The Kier molecular flexibility index (Phi) is 25.9. The monoisotopic (exact) mass is 1980 g/mol. The Morgan fingerprint density at radius 1 is 0.452 bits per heavy atom. The fraction of sp³-hybridized carbons (Fsp3) is 0.208. The summed E-state index contributed by atoms with van der Waals surface area (Å²) in [5.74, 6) is 0.745. The predicted octanol–water partition coefficient (Wildman–Crippen LogP) is 27.0. The van der Waals surface area contributed by atoms with Crippen LogP contribution in [0.4, 0.5) is 4.39 Å². The van der Waals surface area contributed by atoms with E-state index in [0.717, 1.165) is 101 Å². The molecule has 8 heterocycles. The summed E-state index contributed by atoms with van der Waals surface area (Å²) in [5, 5.41) is 15.8. The smallest absolute Gasteiger partial charge is 0.126 e. The average molecular weight is 1980 g/mol. The molecular formula is C101H95FGeIr2N4O3SSi2-4. The molecule has 0 saturated heterocycles. The van der Waals surface area contributed by atoms with Gasteiger partial charge in [0.2, 0.25) is 0 Å². The number of halogens is 1. The second-order valence-electron chi connectivity index (χ2n) is 32.4. The molecule has 0 amide bonds. The Bertz CT molecular complexity index is 6420. The van der Waals surface area contributed by atoms with Gasteiger partial charge in [-0.2, -0.15) is 11.3 Å². The van der Waals surface area contributed by atoms with Gasteiger partial charge in [0.15, 0.2) is 0 Å². The fourth-order valence-corrected chi connectivity index (χ4v) is 26.6. The molecular weight excluding hydrogens is 1880 g/mol. The van der Waals surface area contributed by atoms with Crippen LogP contribution < -0.4 is 14.8 Å². The van der Waals surface area contributed by atoms with Crippen LogP contribution in [0.5, 0.6) is 0 Å². The number of pyridine rings is 4.